The van der Waals surface area contributed by atoms with Crippen molar-refractivity contribution in [1.29, 1.82) is 0 Å². The average Bonchev–Trinajstić information content (AvgIpc) is 2.53. The van der Waals surface area contributed by atoms with Crippen LogP contribution in [0.15, 0.2) is 0 Å². The molecule has 1 saturated carbocycles. The Balaban J connectivity index is 0.00000220. The van der Waals surface area contributed by atoms with Gasteiger partial charge in [-0.15, -0.1) is 12.4 Å². The molecule has 0 radical (unpaired) electrons. The van der Waals surface area contributed by atoms with Gasteiger partial charge in [-0.05, 0) is 39.5 Å². The Morgan fingerprint density at radius 2 is 2.00 bits per heavy atom. The largest absolute Gasteiger partial charge is 0.444 e. The molecule has 4 unspecified atom stereocenters. The van der Waals surface area contributed by atoms with E-state index in [9.17, 15) is 9.90 Å². The van der Waals surface area contributed by atoms with Gasteiger partial charge in [0.25, 0.3) is 0 Å². The summed E-state index contributed by atoms with van der Waals surface area (Å²) in [5.74, 6) is 0.538. The molecule has 4 atom stereocenters. The summed E-state index contributed by atoms with van der Waals surface area (Å²) in [5, 5.41) is 16.5. The lowest BCUT2D eigenvalue weighted by Gasteiger charge is -2.51. The van der Waals surface area contributed by atoms with Gasteiger partial charge >= 0.3 is 6.09 Å². The smallest absolute Gasteiger partial charge is 0.407 e. The molecule has 0 aromatic rings. The van der Waals surface area contributed by atoms with Crippen molar-refractivity contribution < 1.29 is 14.6 Å². The summed E-state index contributed by atoms with van der Waals surface area (Å²) in [6.45, 7) is 10.8. The molecule has 0 aromatic carbocycles. The van der Waals surface area contributed by atoms with Crippen molar-refractivity contribution in [3.05, 3.63) is 0 Å². The second kappa shape index (κ2) is 6.31. The van der Waals surface area contributed by atoms with Crippen molar-refractivity contribution in [3.63, 3.8) is 0 Å². The quantitative estimate of drug-likeness (QED) is 0.728. The van der Waals surface area contributed by atoms with Gasteiger partial charge in [-0.3, -0.25) is 0 Å². The lowest BCUT2D eigenvalue weighted by Crippen LogP contribution is -2.64. The highest BCUT2D eigenvalue weighted by atomic mass is 35.5. The van der Waals surface area contributed by atoms with E-state index in [4.69, 9.17) is 4.74 Å². The topological polar surface area (TPSA) is 70.6 Å². The molecule has 124 valence electrons. The van der Waals surface area contributed by atoms with E-state index in [-0.39, 0.29) is 23.9 Å². The number of carbonyl (C=O) groups excluding carboxylic acids is 1. The van der Waals surface area contributed by atoms with Crippen LogP contribution in [-0.4, -0.2) is 41.5 Å². The molecule has 2 aliphatic rings. The third kappa shape index (κ3) is 4.02. The van der Waals surface area contributed by atoms with Crippen LogP contribution in [0.1, 0.15) is 47.5 Å². The molecule has 1 aliphatic carbocycles. The minimum atomic E-state index is -0.510. The van der Waals surface area contributed by atoms with Gasteiger partial charge in [0.05, 0.1) is 12.1 Å². The number of halogens is 1. The van der Waals surface area contributed by atoms with Gasteiger partial charge in [0.15, 0.2) is 0 Å². The number of alkyl carbamates (subject to hydrolysis) is 1. The molecule has 5 nitrogen and oxygen atoms in total. The highest BCUT2D eigenvalue weighted by Crippen LogP contribution is 2.48. The van der Waals surface area contributed by atoms with Gasteiger partial charge in [0.1, 0.15) is 5.60 Å². The van der Waals surface area contributed by atoms with E-state index < -0.39 is 17.8 Å². The summed E-state index contributed by atoms with van der Waals surface area (Å²) in [4.78, 5) is 11.8. The van der Waals surface area contributed by atoms with Gasteiger partial charge < -0.3 is 20.5 Å². The summed E-state index contributed by atoms with van der Waals surface area (Å²) in [6, 6.07) is 0.232. The van der Waals surface area contributed by atoms with Gasteiger partial charge in [0, 0.05) is 18.0 Å². The molecule has 2 rings (SSSR count). The number of rotatable bonds is 2. The molecular weight excluding hydrogens is 292 g/mol. The Morgan fingerprint density at radius 1 is 1.38 bits per heavy atom. The number of hydrogen-bond acceptors (Lipinski definition) is 4. The Labute approximate surface area is 133 Å². The number of aliphatic hydroxyl groups excluding tert-OH is 1. The predicted molar refractivity (Wildman–Crippen MR) is 84.7 cm³/mol. The Bertz CT molecular complexity index is 384. The third-order valence-electron chi connectivity index (χ3n) is 4.41. The van der Waals surface area contributed by atoms with Crippen molar-refractivity contribution in [2.75, 3.05) is 6.54 Å². The summed E-state index contributed by atoms with van der Waals surface area (Å²) < 4.78 is 5.27. The fourth-order valence-corrected chi connectivity index (χ4v) is 3.67. The Kier molecular flexibility index (Phi) is 5.56. The fourth-order valence-electron chi connectivity index (χ4n) is 3.67. The second-order valence-corrected chi connectivity index (χ2v) is 7.69. The molecule has 1 saturated heterocycles. The Hall–Kier alpha value is -0.520. The van der Waals surface area contributed by atoms with Gasteiger partial charge in [-0.2, -0.15) is 0 Å². The van der Waals surface area contributed by atoms with Crippen LogP contribution in [-0.2, 0) is 4.74 Å². The maximum Gasteiger partial charge on any atom is 0.407 e. The normalized spacial score (nSPS) is 35.3. The van der Waals surface area contributed by atoms with Crippen molar-refractivity contribution in [1.82, 2.24) is 10.6 Å². The second-order valence-electron chi connectivity index (χ2n) is 7.69. The molecule has 0 aromatic heterocycles. The number of amides is 1. The van der Waals surface area contributed by atoms with E-state index >= 15 is 0 Å². The lowest BCUT2D eigenvalue weighted by molar-refractivity contribution is 0.0394. The monoisotopic (exact) mass is 320 g/mol. The van der Waals surface area contributed by atoms with Crippen LogP contribution in [0, 0.1) is 11.3 Å². The maximum absolute atomic E-state index is 11.8. The molecule has 1 amide bonds. The number of carbonyl (C=O) groups is 1. The standard InChI is InChI=1S/C15H28N2O3.ClH/c1-9(2)12-15(8-16-12)6-10(11(18)7-15)17-13(19)20-14(3,4)5;/h9-12,16,18H,6-8H2,1-5H3,(H,17,19);1H. The molecule has 1 heterocycles. The molecule has 21 heavy (non-hydrogen) atoms. The van der Waals surface area contributed by atoms with Crippen LogP contribution in [0.2, 0.25) is 0 Å². The van der Waals surface area contributed by atoms with E-state index in [2.05, 4.69) is 24.5 Å². The van der Waals surface area contributed by atoms with E-state index in [1.165, 1.54) is 0 Å². The zero-order chi connectivity index (χ0) is 15.1. The van der Waals surface area contributed by atoms with E-state index in [0.717, 1.165) is 19.4 Å². The van der Waals surface area contributed by atoms with Crippen LogP contribution in [0.25, 0.3) is 0 Å². The fraction of sp³-hybridized carbons (Fsp3) is 0.933. The molecule has 6 heteroatoms. The molecule has 1 spiro atoms. The van der Waals surface area contributed by atoms with Crippen LogP contribution in [0.5, 0.6) is 0 Å². The van der Waals surface area contributed by atoms with Gasteiger partial charge in [0.2, 0.25) is 0 Å². The first-order valence-electron chi connectivity index (χ1n) is 7.54. The number of aliphatic hydroxyl groups is 1. The third-order valence-corrected chi connectivity index (χ3v) is 4.41. The highest BCUT2D eigenvalue weighted by molar-refractivity contribution is 5.85. The number of ether oxygens (including phenoxy) is 1. The lowest BCUT2D eigenvalue weighted by atomic mass is 9.67. The van der Waals surface area contributed by atoms with E-state index in [0.29, 0.717) is 12.0 Å². The van der Waals surface area contributed by atoms with Crippen LogP contribution in [0.3, 0.4) is 0 Å². The first-order valence-corrected chi connectivity index (χ1v) is 7.54. The molecule has 0 bridgehead atoms. The summed E-state index contributed by atoms with van der Waals surface area (Å²) in [6.07, 6.45) is 0.657. The van der Waals surface area contributed by atoms with Crippen molar-refractivity contribution in [2.45, 2.75) is 71.2 Å². The van der Waals surface area contributed by atoms with Crippen molar-refractivity contribution in [2.24, 2.45) is 11.3 Å². The predicted octanol–water partition coefficient (Wildman–Crippen LogP) is 2.07. The zero-order valence-electron chi connectivity index (χ0n) is 13.6. The molecule has 2 fully saturated rings. The Morgan fingerprint density at radius 3 is 2.43 bits per heavy atom. The first-order chi connectivity index (χ1) is 9.13. The minimum Gasteiger partial charge on any atom is -0.444 e. The van der Waals surface area contributed by atoms with Gasteiger partial charge in [-0.25, -0.2) is 4.79 Å². The van der Waals surface area contributed by atoms with E-state index in [1.54, 1.807) is 0 Å². The van der Waals surface area contributed by atoms with Crippen LogP contribution in [0.4, 0.5) is 4.79 Å². The zero-order valence-corrected chi connectivity index (χ0v) is 14.4. The number of hydrogen-bond donors (Lipinski definition) is 3. The molecule has 1 aliphatic heterocycles. The molecular formula is C15H29ClN2O3. The van der Waals surface area contributed by atoms with Crippen molar-refractivity contribution >= 4 is 18.5 Å². The first kappa shape index (κ1) is 18.5. The maximum atomic E-state index is 11.8. The minimum absolute atomic E-state index is 0. The summed E-state index contributed by atoms with van der Waals surface area (Å²) >= 11 is 0. The highest BCUT2D eigenvalue weighted by Gasteiger charge is 2.55. The van der Waals surface area contributed by atoms with Crippen molar-refractivity contribution in [3.8, 4) is 0 Å². The average molecular weight is 321 g/mol. The summed E-state index contributed by atoms with van der Waals surface area (Å²) in [7, 11) is 0. The van der Waals surface area contributed by atoms with Gasteiger partial charge in [-0.1, -0.05) is 13.8 Å². The number of nitrogens with one attached hydrogen (secondary N) is 2. The molecule has 3 N–H and O–H groups in total. The SMILES string of the molecule is CC(C)C1NCC12CC(O)C(NC(=O)OC(C)(C)C)C2.Cl. The summed E-state index contributed by atoms with van der Waals surface area (Å²) in [5.41, 5.74) is -0.378. The van der Waals surface area contributed by atoms with Crippen LogP contribution >= 0.6 is 12.4 Å². The van der Waals surface area contributed by atoms with E-state index in [1.807, 2.05) is 20.8 Å². The van der Waals surface area contributed by atoms with Crippen LogP contribution < -0.4 is 10.6 Å².